The van der Waals surface area contributed by atoms with Gasteiger partial charge in [-0.1, -0.05) is 66.7 Å². The molecule has 0 saturated heterocycles. The third-order valence-electron chi connectivity index (χ3n) is 4.68. The van der Waals surface area contributed by atoms with Crippen molar-refractivity contribution in [3.8, 4) is 11.3 Å². The summed E-state index contributed by atoms with van der Waals surface area (Å²) in [7, 11) is 0. The van der Waals surface area contributed by atoms with E-state index in [1.54, 1.807) is 0 Å². The monoisotopic (exact) mass is 354 g/mol. The molecule has 0 radical (unpaired) electrons. The summed E-state index contributed by atoms with van der Waals surface area (Å²) in [6.45, 7) is 0. The molecule has 1 unspecified atom stereocenters. The molecule has 0 aliphatic carbocycles. The van der Waals surface area contributed by atoms with Gasteiger partial charge in [0.25, 0.3) is 0 Å². The van der Waals surface area contributed by atoms with Crippen LogP contribution in [0, 0.1) is 0 Å². The van der Waals surface area contributed by atoms with Crippen LogP contribution in [0.3, 0.4) is 0 Å². The summed E-state index contributed by atoms with van der Waals surface area (Å²) in [5.41, 5.74) is 1.94. The van der Waals surface area contributed by atoms with E-state index in [9.17, 15) is 9.59 Å². The van der Waals surface area contributed by atoms with Gasteiger partial charge in [-0.2, -0.15) is 0 Å². The molecular formula is C22H14N2O3. The van der Waals surface area contributed by atoms with Crippen LogP contribution in [-0.4, -0.2) is 16.4 Å². The summed E-state index contributed by atoms with van der Waals surface area (Å²) in [5.74, 6) is -0.408. The Labute approximate surface area is 154 Å². The number of nitrogens with zero attached hydrogens (tertiary/aromatic N) is 2. The molecule has 4 aromatic rings. The van der Waals surface area contributed by atoms with Crippen LogP contribution in [0.2, 0.25) is 0 Å². The zero-order valence-corrected chi connectivity index (χ0v) is 14.2. The molecule has 0 saturated carbocycles. The average Bonchev–Trinajstić information content (AvgIpc) is 3.42. The van der Waals surface area contributed by atoms with Crippen molar-refractivity contribution in [2.24, 2.45) is 4.99 Å². The number of aromatic nitrogens is 1. The third-order valence-corrected chi connectivity index (χ3v) is 4.68. The maximum atomic E-state index is 12.9. The molecule has 0 bridgehead atoms. The summed E-state index contributed by atoms with van der Waals surface area (Å²) < 4.78 is 6.16. The van der Waals surface area contributed by atoms with Crippen LogP contribution in [-0.2, 0) is 0 Å². The van der Waals surface area contributed by atoms with E-state index in [1.807, 2.05) is 72.8 Å². The summed E-state index contributed by atoms with van der Waals surface area (Å²) in [6, 6.07) is 24.3. The zero-order valence-electron chi connectivity index (χ0n) is 14.2. The van der Waals surface area contributed by atoms with Gasteiger partial charge in [0.05, 0.1) is 11.8 Å². The predicted octanol–water partition coefficient (Wildman–Crippen LogP) is 4.10. The Morgan fingerprint density at radius 3 is 2.44 bits per heavy atom. The van der Waals surface area contributed by atoms with E-state index in [0.29, 0.717) is 11.4 Å². The van der Waals surface area contributed by atoms with Crippen molar-refractivity contribution >= 4 is 22.4 Å². The summed E-state index contributed by atoms with van der Waals surface area (Å²) >= 11 is 0. The highest BCUT2D eigenvalue weighted by atomic mass is 16.5. The van der Waals surface area contributed by atoms with Gasteiger partial charge in [-0.05, 0) is 22.4 Å². The molecule has 130 valence electrons. The van der Waals surface area contributed by atoms with Crippen molar-refractivity contribution < 1.29 is 9.32 Å². The van der Waals surface area contributed by atoms with Gasteiger partial charge >= 0.3 is 11.5 Å². The van der Waals surface area contributed by atoms with Gasteiger partial charge in [-0.3, -0.25) is 9.79 Å². The standard InChI is InChI=1S/C22H14N2O3/c25-19-13-18(15-7-2-1-3-8-15)24(27-19)22(26)21-20(23-21)17-11-10-14-6-4-5-9-16(14)12-17/h1-13,20H. The maximum absolute atomic E-state index is 12.9. The lowest BCUT2D eigenvalue weighted by Crippen LogP contribution is -2.17. The second kappa shape index (κ2) is 5.92. The number of fused-ring (bicyclic) bond motifs is 1. The SMILES string of the molecule is O=C(C1=NC1c1ccc2ccccc2c1)n1oc(=O)cc1-c1ccccc1. The number of hydrogen-bond acceptors (Lipinski definition) is 4. The lowest BCUT2D eigenvalue weighted by Gasteiger charge is -2.04. The number of benzene rings is 3. The number of carbonyl (C=O) groups excluding carboxylic acids is 1. The fourth-order valence-electron chi connectivity index (χ4n) is 3.28. The van der Waals surface area contributed by atoms with Gasteiger partial charge in [-0.25, -0.2) is 4.79 Å². The summed E-state index contributed by atoms with van der Waals surface area (Å²) in [4.78, 5) is 28.9. The highest BCUT2D eigenvalue weighted by Gasteiger charge is 2.38. The molecule has 1 atom stereocenters. The first kappa shape index (κ1) is 15.5. The van der Waals surface area contributed by atoms with E-state index >= 15 is 0 Å². The van der Waals surface area contributed by atoms with E-state index < -0.39 is 11.5 Å². The first-order valence-electron chi connectivity index (χ1n) is 8.60. The van der Waals surface area contributed by atoms with Crippen LogP contribution in [0.25, 0.3) is 22.0 Å². The molecule has 0 N–H and O–H groups in total. The van der Waals surface area contributed by atoms with Crippen LogP contribution in [0.1, 0.15) is 16.4 Å². The quantitative estimate of drug-likeness (QED) is 0.556. The number of hydrogen-bond donors (Lipinski definition) is 0. The van der Waals surface area contributed by atoms with Gasteiger partial charge in [-0.15, -0.1) is 4.74 Å². The molecule has 1 aromatic heterocycles. The third kappa shape index (κ3) is 2.69. The Hall–Kier alpha value is -3.73. The minimum atomic E-state index is -0.564. The number of aliphatic imine (C=N–C) groups is 1. The smallest absolute Gasteiger partial charge is 0.328 e. The zero-order chi connectivity index (χ0) is 18.4. The Morgan fingerprint density at radius 2 is 1.63 bits per heavy atom. The molecule has 0 fully saturated rings. The molecule has 5 rings (SSSR count). The molecule has 27 heavy (non-hydrogen) atoms. The largest absolute Gasteiger partial charge is 0.358 e. The fourth-order valence-corrected chi connectivity index (χ4v) is 3.28. The molecule has 0 spiro atoms. The molecule has 5 nitrogen and oxygen atoms in total. The minimum Gasteiger partial charge on any atom is -0.328 e. The molecular weight excluding hydrogens is 340 g/mol. The van der Waals surface area contributed by atoms with Crippen LogP contribution in [0.15, 0.2) is 93.2 Å². The van der Waals surface area contributed by atoms with Crippen molar-refractivity contribution in [3.63, 3.8) is 0 Å². The van der Waals surface area contributed by atoms with Crippen LogP contribution in [0.4, 0.5) is 0 Å². The van der Waals surface area contributed by atoms with Crippen molar-refractivity contribution in [1.29, 1.82) is 0 Å². The minimum absolute atomic E-state index is 0.293. The molecule has 5 heteroatoms. The van der Waals surface area contributed by atoms with Crippen molar-refractivity contribution in [1.82, 2.24) is 4.74 Å². The first-order chi connectivity index (χ1) is 13.2. The van der Waals surface area contributed by atoms with E-state index in [4.69, 9.17) is 4.52 Å². The predicted molar refractivity (Wildman–Crippen MR) is 103 cm³/mol. The number of rotatable bonds is 3. The molecule has 1 aliphatic heterocycles. The van der Waals surface area contributed by atoms with Crippen molar-refractivity contribution in [2.45, 2.75) is 6.04 Å². The summed E-state index contributed by atoms with van der Waals surface area (Å²) in [6.07, 6.45) is 0. The molecule has 0 amide bonds. The lowest BCUT2D eigenvalue weighted by atomic mass is 10.0. The van der Waals surface area contributed by atoms with Gasteiger partial charge < -0.3 is 4.52 Å². The van der Waals surface area contributed by atoms with Crippen LogP contribution >= 0.6 is 0 Å². The van der Waals surface area contributed by atoms with E-state index in [1.165, 1.54) is 6.07 Å². The van der Waals surface area contributed by atoms with Crippen LogP contribution in [0.5, 0.6) is 0 Å². The Bertz CT molecular complexity index is 1270. The van der Waals surface area contributed by atoms with Gasteiger partial charge in [0.1, 0.15) is 11.8 Å². The Kier molecular flexibility index (Phi) is 3.40. The van der Waals surface area contributed by atoms with Crippen molar-refractivity contribution in [2.75, 3.05) is 0 Å². The van der Waals surface area contributed by atoms with Gasteiger partial charge in [0, 0.05) is 5.56 Å². The second-order valence-corrected chi connectivity index (χ2v) is 6.43. The molecule has 1 aliphatic rings. The topological polar surface area (TPSA) is 64.6 Å². The lowest BCUT2D eigenvalue weighted by molar-refractivity contribution is 0.0879. The Balaban J connectivity index is 1.46. The normalized spacial score (nSPS) is 15.6. The van der Waals surface area contributed by atoms with Gasteiger partial charge in [0.2, 0.25) is 0 Å². The average molecular weight is 354 g/mol. The van der Waals surface area contributed by atoms with E-state index in [-0.39, 0.29) is 6.04 Å². The van der Waals surface area contributed by atoms with Crippen molar-refractivity contribution in [3.05, 3.63) is 94.8 Å². The maximum Gasteiger partial charge on any atom is 0.358 e. The molecule has 3 aromatic carbocycles. The van der Waals surface area contributed by atoms with Crippen LogP contribution < -0.4 is 5.63 Å². The Morgan fingerprint density at radius 1 is 0.889 bits per heavy atom. The van der Waals surface area contributed by atoms with Gasteiger partial charge in [0.15, 0.2) is 0 Å². The highest BCUT2D eigenvalue weighted by molar-refractivity contribution is 6.46. The number of carbonyl (C=O) groups is 1. The highest BCUT2D eigenvalue weighted by Crippen LogP contribution is 2.34. The second-order valence-electron chi connectivity index (χ2n) is 6.43. The van der Waals surface area contributed by atoms with E-state index in [2.05, 4.69) is 4.99 Å². The summed E-state index contributed by atoms with van der Waals surface area (Å²) in [5, 5.41) is 2.24. The first-order valence-corrected chi connectivity index (χ1v) is 8.60. The fraction of sp³-hybridized carbons (Fsp3) is 0.0455. The molecule has 2 heterocycles. The van der Waals surface area contributed by atoms with E-state index in [0.717, 1.165) is 26.6 Å².